The lowest BCUT2D eigenvalue weighted by molar-refractivity contribution is -0.162. The van der Waals surface area contributed by atoms with Gasteiger partial charge in [0.2, 0.25) is 5.91 Å². The Labute approximate surface area is 153 Å². The fraction of sp³-hybridized carbons (Fsp3) is 0.429. The molecule has 4 rings (SSSR count). The van der Waals surface area contributed by atoms with Crippen molar-refractivity contribution in [2.45, 2.75) is 32.7 Å². The van der Waals surface area contributed by atoms with E-state index in [2.05, 4.69) is 0 Å². The van der Waals surface area contributed by atoms with Gasteiger partial charge in [-0.05, 0) is 61.7 Å². The molecule has 2 saturated heterocycles. The van der Waals surface area contributed by atoms with E-state index in [1.165, 1.54) is 0 Å². The number of amides is 2. The summed E-state index contributed by atoms with van der Waals surface area (Å²) in [6.45, 7) is 6.13. The zero-order valence-corrected chi connectivity index (χ0v) is 15.2. The molecule has 0 bridgehead atoms. The predicted octanol–water partition coefficient (Wildman–Crippen LogP) is 3.02. The number of rotatable bonds is 2. The van der Waals surface area contributed by atoms with E-state index in [9.17, 15) is 14.7 Å². The standard InChI is InChI=1S/C21H24N2O3/c1-21(2)13-23(20(21)26)15-8-10-22(11-9-15)19(25)18-5-3-4-14-12-16(24)6-7-17(14)18/h3-7,12,15,24H,8-11,13H2,1-2H3. The highest BCUT2D eigenvalue weighted by Crippen LogP contribution is 2.35. The molecule has 26 heavy (non-hydrogen) atoms. The Morgan fingerprint density at radius 1 is 1.15 bits per heavy atom. The lowest BCUT2D eigenvalue weighted by Gasteiger charge is -2.50. The van der Waals surface area contributed by atoms with Gasteiger partial charge in [0.25, 0.3) is 5.91 Å². The summed E-state index contributed by atoms with van der Waals surface area (Å²) in [4.78, 5) is 29.1. The van der Waals surface area contributed by atoms with Crippen LogP contribution in [0.15, 0.2) is 36.4 Å². The molecular formula is C21H24N2O3. The van der Waals surface area contributed by atoms with Crippen molar-refractivity contribution in [2.75, 3.05) is 19.6 Å². The minimum Gasteiger partial charge on any atom is -0.508 e. The molecule has 0 aliphatic carbocycles. The Kier molecular flexibility index (Phi) is 3.90. The van der Waals surface area contributed by atoms with E-state index in [0.29, 0.717) is 18.7 Å². The van der Waals surface area contributed by atoms with Crippen LogP contribution in [0.1, 0.15) is 37.0 Å². The van der Waals surface area contributed by atoms with Gasteiger partial charge in [-0.1, -0.05) is 12.1 Å². The summed E-state index contributed by atoms with van der Waals surface area (Å²) < 4.78 is 0. The first kappa shape index (κ1) is 16.9. The van der Waals surface area contributed by atoms with E-state index in [1.54, 1.807) is 18.2 Å². The van der Waals surface area contributed by atoms with Gasteiger partial charge in [-0.3, -0.25) is 9.59 Å². The van der Waals surface area contributed by atoms with E-state index in [0.717, 1.165) is 30.2 Å². The van der Waals surface area contributed by atoms with Crippen LogP contribution >= 0.6 is 0 Å². The van der Waals surface area contributed by atoms with Crippen LogP contribution in [0.2, 0.25) is 0 Å². The maximum atomic E-state index is 13.0. The van der Waals surface area contributed by atoms with Gasteiger partial charge >= 0.3 is 0 Å². The molecule has 2 aliphatic rings. The third kappa shape index (κ3) is 2.71. The Bertz CT molecular complexity index is 882. The molecule has 5 heteroatoms. The summed E-state index contributed by atoms with van der Waals surface area (Å²) in [5.41, 5.74) is 0.448. The lowest BCUT2D eigenvalue weighted by Crippen LogP contribution is -2.63. The van der Waals surface area contributed by atoms with Crippen LogP contribution in [0.5, 0.6) is 5.75 Å². The van der Waals surface area contributed by atoms with Crippen LogP contribution in [0.25, 0.3) is 10.8 Å². The monoisotopic (exact) mass is 352 g/mol. The molecule has 2 amide bonds. The first-order valence-corrected chi connectivity index (χ1v) is 9.19. The average molecular weight is 352 g/mol. The Balaban J connectivity index is 1.47. The topological polar surface area (TPSA) is 60.9 Å². The normalized spacial score (nSPS) is 20.3. The number of nitrogens with zero attached hydrogens (tertiary/aromatic N) is 2. The molecule has 2 aromatic carbocycles. The van der Waals surface area contributed by atoms with Gasteiger partial charge in [0, 0.05) is 31.2 Å². The number of likely N-dealkylation sites (tertiary alicyclic amines) is 2. The molecule has 0 saturated carbocycles. The molecule has 2 heterocycles. The lowest BCUT2D eigenvalue weighted by atomic mass is 9.80. The first-order valence-electron chi connectivity index (χ1n) is 9.19. The molecule has 2 fully saturated rings. The van der Waals surface area contributed by atoms with E-state index >= 15 is 0 Å². The number of β-lactam (4-membered cyclic amide) rings is 1. The summed E-state index contributed by atoms with van der Waals surface area (Å²) in [5.74, 6) is 0.455. The fourth-order valence-electron chi connectivity index (χ4n) is 4.17. The highest BCUT2D eigenvalue weighted by molar-refractivity contribution is 6.07. The van der Waals surface area contributed by atoms with Gasteiger partial charge in [-0.15, -0.1) is 0 Å². The fourth-order valence-corrected chi connectivity index (χ4v) is 4.17. The largest absolute Gasteiger partial charge is 0.508 e. The Morgan fingerprint density at radius 3 is 2.54 bits per heavy atom. The van der Waals surface area contributed by atoms with E-state index in [-0.39, 0.29) is 29.0 Å². The van der Waals surface area contributed by atoms with Gasteiger partial charge < -0.3 is 14.9 Å². The van der Waals surface area contributed by atoms with Crippen molar-refractivity contribution in [3.05, 3.63) is 42.0 Å². The van der Waals surface area contributed by atoms with Gasteiger partial charge in [0.15, 0.2) is 0 Å². The van der Waals surface area contributed by atoms with Crippen molar-refractivity contribution in [1.82, 2.24) is 9.80 Å². The zero-order chi connectivity index (χ0) is 18.5. The number of aromatic hydroxyl groups is 1. The molecule has 0 radical (unpaired) electrons. The second kappa shape index (κ2) is 6.01. The summed E-state index contributed by atoms with van der Waals surface area (Å²) in [5, 5.41) is 11.4. The maximum Gasteiger partial charge on any atom is 0.254 e. The Hall–Kier alpha value is -2.56. The van der Waals surface area contributed by atoms with E-state index < -0.39 is 0 Å². The Morgan fingerprint density at radius 2 is 1.88 bits per heavy atom. The van der Waals surface area contributed by atoms with Crippen molar-refractivity contribution in [3.63, 3.8) is 0 Å². The van der Waals surface area contributed by atoms with Crippen LogP contribution in [0.3, 0.4) is 0 Å². The minimum atomic E-state index is -0.221. The average Bonchev–Trinajstić information content (AvgIpc) is 2.65. The van der Waals surface area contributed by atoms with Gasteiger partial charge in [0.05, 0.1) is 5.41 Å². The minimum absolute atomic E-state index is 0.0232. The van der Waals surface area contributed by atoms with Crippen LogP contribution in [-0.2, 0) is 4.79 Å². The van der Waals surface area contributed by atoms with Crippen LogP contribution in [0.4, 0.5) is 0 Å². The summed E-state index contributed by atoms with van der Waals surface area (Å²) >= 11 is 0. The SMILES string of the molecule is CC1(C)CN(C2CCN(C(=O)c3cccc4cc(O)ccc34)CC2)C1=O. The van der Waals surface area contributed by atoms with Crippen molar-refractivity contribution < 1.29 is 14.7 Å². The third-order valence-electron chi connectivity index (χ3n) is 5.69. The highest BCUT2D eigenvalue weighted by atomic mass is 16.3. The van der Waals surface area contributed by atoms with Crippen LogP contribution < -0.4 is 0 Å². The number of hydrogen-bond donors (Lipinski definition) is 1. The molecule has 1 N–H and O–H groups in total. The summed E-state index contributed by atoms with van der Waals surface area (Å²) in [6.07, 6.45) is 1.66. The molecule has 136 valence electrons. The number of carbonyl (C=O) groups excluding carboxylic acids is 2. The zero-order valence-electron chi connectivity index (χ0n) is 15.2. The van der Waals surface area contributed by atoms with Gasteiger partial charge in [0.1, 0.15) is 5.75 Å². The second-order valence-corrected chi connectivity index (χ2v) is 8.05. The molecular weight excluding hydrogens is 328 g/mol. The van der Waals surface area contributed by atoms with Gasteiger partial charge in [-0.2, -0.15) is 0 Å². The van der Waals surface area contributed by atoms with E-state index in [4.69, 9.17) is 0 Å². The smallest absolute Gasteiger partial charge is 0.254 e. The quantitative estimate of drug-likeness (QED) is 0.845. The van der Waals surface area contributed by atoms with Crippen molar-refractivity contribution >= 4 is 22.6 Å². The van der Waals surface area contributed by atoms with E-state index in [1.807, 2.05) is 41.8 Å². The van der Waals surface area contributed by atoms with Crippen LogP contribution in [-0.4, -0.2) is 52.4 Å². The van der Waals surface area contributed by atoms with Gasteiger partial charge in [-0.25, -0.2) is 0 Å². The highest BCUT2D eigenvalue weighted by Gasteiger charge is 2.47. The second-order valence-electron chi connectivity index (χ2n) is 8.05. The summed E-state index contributed by atoms with van der Waals surface area (Å²) in [6, 6.07) is 10.9. The molecule has 0 spiro atoms. The number of phenols is 1. The number of phenolic OH excluding ortho intramolecular Hbond substituents is 1. The molecule has 2 aliphatic heterocycles. The third-order valence-corrected chi connectivity index (χ3v) is 5.69. The number of carbonyl (C=O) groups is 2. The number of piperidine rings is 1. The summed E-state index contributed by atoms with van der Waals surface area (Å²) in [7, 11) is 0. The van der Waals surface area contributed by atoms with Crippen LogP contribution in [0, 0.1) is 5.41 Å². The molecule has 0 aromatic heterocycles. The molecule has 0 atom stereocenters. The first-order chi connectivity index (χ1) is 12.4. The molecule has 0 unspecified atom stereocenters. The molecule has 5 nitrogen and oxygen atoms in total. The number of hydrogen-bond acceptors (Lipinski definition) is 3. The van der Waals surface area contributed by atoms with Crippen molar-refractivity contribution in [1.29, 1.82) is 0 Å². The number of benzene rings is 2. The van der Waals surface area contributed by atoms with Crippen molar-refractivity contribution in [2.24, 2.45) is 5.41 Å². The molecule has 2 aromatic rings. The van der Waals surface area contributed by atoms with Crippen molar-refractivity contribution in [3.8, 4) is 5.75 Å². The number of fused-ring (bicyclic) bond motifs is 1. The predicted molar refractivity (Wildman–Crippen MR) is 100 cm³/mol. The maximum absolute atomic E-state index is 13.0.